The summed E-state index contributed by atoms with van der Waals surface area (Å²) in [5.74, 6) is -0.535. The van der Waals surface area contributed by atoms with Gasteiger partial charge in [0.05, 0.1) is 11.6 Å². The minimum absolute atomic E-state index is 0.109. The quantitative estimate of drug-likeness (QED) is 0.838. The zero-order valence-corrected chi connectivity index (χ0v) is 14.2. The Morgan fingerprint density at radius 1 is 1.48 bits per heavy atom. The number of nitrogens with one attached hydrogen (secondary N) is 2. The summed E-state index contributed by atoms with van der Waals surface area (Å²) in [5, 5.41) is 3.25. The van der Waals surface area contributed by atoms with Gasteiger partial charge in [-0.3, -0.25) is 0 Å². The van der Waals surface area contributed by atoms with Gasteiger partial charge in [-0.15, -0.1) is 0 Å². The Morgan fingerprint density at radius 2 is 2.19 bits per heavy atom. The number of sulfonamides is 1. The minimum Gasteiger partial charge on any atom is -0.495 e. The zero-order valence-electron chi connectivity index (χ0n) is 11.8. The van der Waals surface area contributed by atoms with Crippen molar-refractivity contribution in [3.63, 3.8) is 0 Å². The predicted molar refractivity (Wildman–Crippen MR) is 81.5 cm³/mol. The van der Waals surface area contributed by atoms with Gasteiger partial charge >= 0.3 is 0 Å². The van der Waals surface area contributed by atoms with Crippen LogP contribution < -0.4 is 14.8 Å². The maximum atomic E-state index is 13.7. The van der Waals surface area contributed by atoms with E-state index >= 15 is 0 Å². The molecule has 1 heterocycles. The van der Waals surface area contributed by atoms with E-state index in [2.05, 4.69) is 26.0 Å². The molecular formula is C13H18BrFN2O3S. The van der Waals surface area contributed by atoms with E-state index in [0.717, 1.165) is 12.6 Å². The summed E-state index contributed by atoms with van der Waals surface area (Å²) in [6.45, 7) is 2.75. The molecule has 0 aromatic heterocycles. The first-order valence-corrected chi connectivity index (χ1v) is 8.90. The molecule has 1 aromatic rings. The normalized spacial score (nSPS) is 23.0. The Morgan fingerprint density at radius 3 is 2.81 bits per heavy atom. The van der Waals surface area contributed by atoms with Crippen LogP contribution in [0.5, 0.6) is 5.75 Å². The molecular weight excluding hydrogens is 363 g/mol. The maximum Gasteiger partial charge on any atom is 0.244 e. The summed E-state index contributed by atoms with van der Waals surface area (Å²) < 4.78 is 46.4. The monoisotopic (exact) mass is 380 g/mol. The standard InChI is InChI=1S/C13H18BrFN2O3S/c1-8-5-9(3-4-16-8)17-21(18,19)13-7-11(15)10(14)6-12(13)20-2/h6-9,16-17H,3-5H2,1-2H3. The number of halogens is 2. The van der Waals surface area contributed by atoms with Crippen molar-refractivity contribution in [1.82, 2.24) is 10.0 Å². The van der Waals surface area contributed by atoms with E-state index < -0.39 is 15.8 Å². The van der Waals surface area contributed by atoms with Crippen LogP contribution in [0.3, 0.4) is 0 Å². The van der Waals surface area contributed by atoms with Gasteiger partial charge in [-0.25, -0.2) is 17.5 Å². The van der Waals surface area contributed by atoms with Gasteiger partial charge in [-0.05, 0) is 54.4 Å². The Hall–Kier alpha value is -0.700. The topological polar surface area (TPSA) is 67.4 Å². The van der Waals surface area contributed by atoms with Gasteiger partial charge in [0.1, 0.15) is 16.5 Å². The smallest absolute Gasteiger partial charge is 0.244 e. The second-order valence-corrected chi connectivity index (χ2v) is 7.65. The third-order valence-electron chi connectivity index (χ3n) is 3.44. The second kappa shape index (κ2) is 6.60. The van der Waals surface area contributed by atoms with Gasteiger partial charge in [-0.1, -0.05) is 0 Å². The number of hydrogen-bond donors (Lipinski definition) is 2. The summed E-state index contributed by atoms with van der Waals surface area (Å²) in [7, 11) is -2.48. The van der Waals surface area contributed by atoms with Crippen molar-refractivity contribution in [2.45, 2.75) is 36.7 Å². The van der Waals surface area contributed by atoms with Crippen LogP contribution in [-0.4, -0.2) is 34.2 Å². The van der Waals surface area contributed by atoms with Crippen molar-refractivity contribution in [2.75, 3.05) is 13.7 Å². The van der Waals surface area contributed by atoms with Gasteiger partial charge in [0, 0.05) is 12.1 Å². The maximum absolute atomic E-state index is 13.7. The average molecular weight is 381 g/mol. The molecule has 2 rings (SSSR count). The number of methoxy groups -OCH3 is 1. The van der Waals surface area contributed by atoms with Crippen LogP contribution in [0.15, 0.2) is 21.5 Å². The third-order valence-corrected chi connectivity index (χ3v) is 5.59. The van der Waals surface area contributed by atoms with E-state index in [0.29, 0.717) is 12.8 Å². The first kappa shape index (κ1) is 16.7. The molecule has 2 atom stereocenters. The lowest BCUT2D eigenvalue weighted by Gasteiger charge is -2.28. The van der Waals surface area contributed by atoms with Crippen molar-refractivity contribution in [3.8, 4) is 5.75 Å². The van der Waals surface area contributed by atoms with E-state index in [1.807, 2.05) is 6.92 Å². The molecule has 1 aromatic carbocycles. The van der Waals surface area contributed by atoms with Crippen molar-refractivity contribution in [2.24, 2.45) is 0 Å². The third kappa shape index (κ3) is 3.94. The van der Waals surface area contributed by atoms with Crippen LogP contribution in [0.2, 0.25) is 0 Å². The molecule has 2 N–H and O–H groups in total. The number of rotatable bonds is 4. The highest BCUT2D eigenvalue weighted by molar-refractivity contribution is 9.10. The van der Waals surface area contributed by atoms with Crippen molar-refractivity contribution >= 4 is 26.0 Å². The van der Waals surface area contributed by atoms with E-state index in [1.165, 1.54) is 13.2 Å². The Bertz CT molecular complexity index is 624. The number of piperidine rings is 1. The first-order chi connectivity index (χ1) is 9.83. The highest BCUT2D eigenvalue weighted by atomic mass is 79.9. The zero-order chi connectivity index (χ0) is 15.6. The molecule has 0 radical (unpaired) electrons. The molecule has 0 bridgehead atoms. The predicted octanol–water partition coefficient (Wildman–Crippen LogP) is 2.02. The van der Waals surface area contributed by atoms with E-state index in [-0.39, 0.29) is 27.2 Å². The summed E-state index contributed by atoms with van der Waals surface area (Å²) >= 11 is 3.02. The van der Waals surface area contributed by atoms with Gasteiger partial charge < -0.3 is 10.1 Å². The van der Waals surface area contributed by atoms with Gasteiger partial charge in [0.15, 0.2) is 0 Å². The fourth-order valence-electron chi connectivity index (χ4n) is 2.40. The number of benzene rings is 1. The number of ether oxygens (including phenoxy) is 1. The van der Waals surface area contributed by atoms with E-state index in [4.69, 9.17) is 4.74 Å². The molecule has 1 aliphatic rings. The molecule has 0 spiro atoms. The number of hydrogen-bond acceptors (Lipinski definition) is 4. The molecule has 118 valence electrons. The molecule has 0 aliphatic carbocycles. The van der Waals surface area contributed by atoms with Crippen LogP contribution in [-0.2, 0) is 10.0 Å². The van der Waals surface area contributed by atoms with Gasteiger partial charge in [0.25, 0.3) is 0 Å². The average Bonchev–Trinajstić information content (AvgIpc) is 2.40. The largest absolute Gasteiger partial charge is 0.495 e. The minimum atomic E-state index is -3.83. The second-order valence-electron chi connectivity index (χ2n) is 5.11. The van der Waals surface area contributed by atoms with Crippen LogP contribution in [0.25, 0.3) is 0 Å². The fourth-order valence-corrected chi connectivity index (χ4v) is 4.17. The summed E-state index contributed by atoms with van der Waals surface area (Å²) in [6.07, 6.45) is 1.39. The molecule has 1 fully saturated rings. The van der Waals surface area contributed by atoms with E-state index in [9.17, 15) is 12.8 Å². The summed E-state index contributed by atoms with van der Waals surface area (Å²) in [4.78, 5) is -0.183. The van der Waals surface area contributed by atoms with Crippen LogP contribution >= 0.6 is 15.9 Å². The fraction of sp³-hybridized carbons (Fsp3) is 0.538. The Kier molecular flexibility index (Phi) is 5.24. The van der Waals surface area contributed by atoms with Crippen molar-refractivity contribution in [3.05, 3.63) is 22.4 Å². The van der Waals surface area contributed by atoms with Crippen molar-refractivity contribution < 1.29 is 17.5 Å². The molecule has 1 aliphatic heterocycles. The lowest BCUT2D eigenvalue weighted by molar-refractivity contribution is 0.360. The van der Waals surface area contributed by atoms with Crippen LogP contribution in [0.1, 0.15) is 19.8 Å². The van der Waals surface area contributed by atoms with Crippen LogP contribution in [0, 0.1) is 5.82 Å². The lowest BCUT2D eigenvalue weighted by atomic mass is 10.0. The highest BCUT2D eigenvalue weighted by Crippen LogP contribution is 2.30. The Balaban J connectivity index is 2.29. The molecule has 1 saturated heterocycles. The van der Waals surface area contributed by atoms with Crippen molar-refractivity contribution in [1.29, 1.82) is 0 Å². The lowest BCUT2D eigenvalue weighted by Crippen LogP contribution is -2.46. The molecule has 5 nitrogen and oxygen atoms in total. The summed E-state index contributed by atoms with van der Waals surface area (Å²) in [5.41, 5.74) is 0. The van der Waals surface area contributed by atoms with Crippen LogP contribution in [0.4, 0.5) is 4.39 Å². The molecule has 21 heavy (non-hydrogen) atoms. The Labute approximate surface area is 132 Å². The molecule has 8 heteroatoms. The van der Waals surface area contributed by atoms with E-state index in [1.54, 1.807) is 0 Å². The van der Waals surface area contributed by atoms with Gasteiger partial charge in [0.2, 0.25) is 10.0 Å². The SMILES string of the molecule is COc1cc(Br)c(F)cc1S(=O)(=O)NC1CCNC(C)C1. The molecule has 0 amide bonds. The molecule has 2 unspecified atom stereocenters. The highest BCUT2D eigenvalue weighted by Gasteiger charge is 2.27. The molecule has 0 saturated carbocycles. The summed E-state index contributed by atoms with van der Waals surface area (Å²) in [6, 6.07) is 2.36. The first-order valence-electron chi connectivity index (χ1n) is 6.62. The van der Waals surface area contributed by atoms with Gasteiger partial charge in [-0.2, -0.15) is 0 Å².